The lowest BCUT2D eigenvalue weighted by atomic mass is 10.3. The van der Waals surface area contributed by atoms with Crippen LogP contribution in [0, 0.1) is 17.0 Å². The number of anilines is 1. The number of aryl methyl sites for hydroxylation is 2. The van der Waals surface area contributed by atoms with Crippen LogP contribution in [0.1, 0.15) is 19.0 Å². The maximum atomic E-state index is 11.1. The Kier molecular flexibility index (Phi) is 5.08. The summed E-state index contributed by atoms with van der Waals surface area (Å²) in [6.07, 6.45) is 0.929. The second-order valence-electron chi connectivity index (χ2n) is 4.21. The highest BCUT2D eigenvalue weighted by Gasteiger charge is 2.27. The first-order valence-corrected chi connectivity index (χ1v) is 6.10. The van der Waals surface area contributed by atoms with Gasteiger partial charge in [-0.2, -0.15) is 5.10 Å². The average molecular weight is 255 g/mol. The number of nitrogens with zero attached hydrogens (tertiary/aromatic N) is 4. The van der Waals surface area contributed by atoms with E-state index in [2.05, 4.69) is 10.4 Å². The molecule has 7 nitrogen and oxygen atoms in total. The third kappa shape index (κ3) is 2.98. The highest BCUT2D eigenvalue weighted by molar-refractivity contribution is 5.60. The fraction of sp³-hybridized carbons (Fsp3) is 0.727. The fourth-order valence-corrected chi connectivity index (χ4v) is 1.97. The topological polar surface area (TPSA) is 76.2 Å². The van der Waals surface area contributed by atoms with Crippen molar-refractivity contribution < 1.29 is 4.92 Å². The van der Waals surface area contributed by atoms with Crippen LogP contribution in [0.5, 0.6) is 0 Å². The fourth-order valence-electron chi connectivity index (χ4n) is 1.97. The minimum atomic E-state index is -0.349. The predicted octanol–water partition coefficient (Wildman–Crippen LogP) is 1.17. The van der Waals surface area contributed by atoms with Crippen molar-refractivity contribution >= 4 is 11.5 Å². The summed E-state index contributed by atoms with van der Waals surface area (Å²) in [6, 6.07) is 0. The lowest BCUT2D eigenvalue weighted by molar-refractivity contribution is -0.384. The van der Waals surface area contributed by atoms with E-state index < -0.39 is 0 Å². The number of rotatable bonds is 7. The Morgan fingerprint density at radius 2 is 2.22 bits per heavy atom. The summed E-state index contributed by atoms with van der Waals surface area (Å²) in [5, 5.41) is 18.4. The molecular formula is C11H21N5O2. The largest absolute Gasteiger partial charge is 0.354 e. The van der Waals surface area contributed by atoms with E-state index in [0.29, 0.717) is 18.1 Å². The van der Waals surface area contributed by atoms with Gasteiger partial charge in [-0.1, -0.05) is 0 Å². The van der Waals surface area contributed by atoms with Crippen molar-refractivity contribution in [2.75, 3.05) is 32.1 Å². The molecule has 0 aliphatic carbocycles. The van der Waals surface area contributed by atoms with Crippen LogP contribution in [0.2, 0.25) is 0 Å². The van der Waals surface area contributed by atoms with E-state index in [1.165, 1.54) is 0 Å². The van der Waals surface area contributed by atoms with Crippen LogP contribution in [0.15, 0.2) is 0 Å². The van der Waals surface area contributed by atoms with Crippen molar-refractivity contribution in [1.82, 2.24) is 15.1 Å². The zero-order valence-corrected chi connectivity index (χ0v) is 11.4. The molecule has 0 atom stereocenters. The summed E-state index contributed by atoms with van der Waals surface area (Å²) in [4.78, 5) is 12.7. The second kappa shape index (κ2) is 6.34. The van der Waals surface area contributed by atoms with Gasteiger partial charge >= 0.3 is 5.69 Å². The molecule has 0 bridgehead atoms. The molecule has 1 aromatic heterocycles. The van der Waals surface area contributed by atoms with E-state index in [1.807, 2.05) is 25.9 Å². The molecule has 1 aromatic rings. The molecule has 0 saturated carbocycles. The van der Waals surface area contributed by atoms with Gasteiger partial charge in [0, 0.05) is 20.1 Å². The monoisotopic (exact) mass is 255 g/mol. The minimum absolute atomic E-state index is 0.115. The molecule has 0 spiro atoms. The first-order valence-electron chi connectivity index (χ1n) is 6.10. The van der Waals surface area contributed by atoms with Crippen LogP contribution in [0.4, 0.5) is 11.5 Å². The van der Waals surface area contributed by atoms with Crippen LogP contribution >= 0.6 is 0 Å². The smallest absolute Gasteiger partial charge is 0.333 e. The van der Waals surface area contributed by atoms with Crippen molar-refractivity contribution in [1.29, 1.82) is 0 Å². The maximum absolute atomic E-state index is 11.1. The van der Waals surface area contributed by atoms with E-state index in [-0.39, 0.29) is 10.6 Å². The van der Waals surface area contributed by atoms with Crippen molar-refractivity contribution in [2.45, 2.75) is 26.8 Å². The Labute approximate surface area is 107 Å². The molecule has 0 unspecified atom stereocenters. The molecule has 102 valence electrons. The molecule has 0 fully saturated rings. The van der Waals surface area contributed by atoms with Crippen LogP contribution in [-0.4, -0.2) is 41.9 Å². The molecule has 0 aromatic carbocycles. The Morgan fingerprint density at radius 3 is 2.72 bits per heavy atom. The number of hydrogen-bond donors (Lipinski definition) is 1. The van der Waals surface area contributed by atoms with Gasteiger partial charge < -0.3 is 10.2 Å². The van der Waals surface area contributed by atoms with Gasteiger partial charge in [0.05, 0.1) is 4.92 Å². The highest BCUT2D eigenvalue weighted by atomic mass is 16.6. The van der Waals surface area contributed by atoms with E-state index >= 15 is 0 Å². The van der Waals surface area contributed by atoms with Crippen LogP contribution in [0.3, 0.4) is 0 Å². The minimum Gasteiger partial charge on any atom is -0.354 e. The molecule has 1 N–H and O–H groups in total. The van der Waals surface area contributed by atoms with E-state index in [4.69, 9.17) is 0 Å². The van der Waals surface area contributed by atoms with Gasteiger partial charge in [0.1, 0.15) is 5.69 Å². The SMILES string of the molecule is CCn1nc(C)c([N+](=O)[O-])c1N(C)CCCNC. The van der Waals surface area contributed by atoms with Crippen molar-refractivity contribution in [3.05, 3.63) is 15.8 Å². The van der Waals surface area contributed by atoms with Gasteiger partial charge in [0.25, 0.3) is 0 Å². The molecule has 0 aliphatic heterocycles. The molecule has 1 heterocycles. The Bertz CT molecular complexity index is 416. The maximum Gasteiger partial charge on any atom is 0.333 e. The third-order valence-corrected chi connectivity index (χ3v) is 2.83. The lowest BCUT2D eigenvalue weighted by Crippen LogP contribution is -2.25. The predicted molar refractivity (Wildman–Crippen MR) is 71.1 cm³/mol. The van der Waals surface area contributed by atoms with Gasteiger partial charge in [0.15, 0.2) is 0 Å². The van der Waals surface area contributed by atoms with Crippen molar-refractivity contribution in [3.63, 3.8) is 0 Å². The zero-order chi connectivity index (χ0) is 13.7. The number of nitrogens with one attached hydrogen (secondary N) is 1. The number of aromatic nitrogens is 2. The van der Waals surface area contributed by atoms with Gasteiger partial charge in [-0.05, 0) is 33.9 Å². The molecule has 0 saturated heterocycles. The zero-order valence-electron chi connectivity index (χ0n) is 11.4. The van der Waals surface area contributed by atoms with Crippen LogP contribution in [0.25, 0.3) is 0 Å². The Morgan fingerprint density at radius 1 is 1.56 bits per heavy atom. The van der Waals surface area contributed by atoms with Gasteiger partial charge in [-0.15, -0.1) is 0 Å². The van der Waals surface area contributed by atoms with Gasteiger partial charge in [-0.3, -0.25) is 10.1 Å². The summed E-state index contributed by atoms with van der Waals surface area (Å²) < 4.78 is 1.69. The number of hydrogen-bond acceptors (Lipinski definition) is 5. The van der Waals surface area contributed by atoms with E-state index in [9.17, 15) is 10.1 Å². The average Bonchev–Trinajstić information content (AvgIpc) is 2.66. The van der Waals surface area contributed by atoms with Gasteiger partial charge in [-0.25, -0.2) is 4.68 Å². The third-order valence-electron chi connectivity index (χ3n) is 2.83. The Hall–Kier alpha value is -1.63. The summed E-state index contributed by atoms with van der Waals surface area (Å²) in [5.74, 6) is 0.594. The lowest BCUT2D eigenvalue weighted by Gasteiger charge is -2.18. The highest BCUT2D eigenvalue weighted by Crippen LogP contribution is 2.30. The normalized spacial score (nSPS) is 10.7. The molecule has 0 radical (unpaired) electrons. The van der Waals surface area contributed by atoms with Crippen LogP contribution in [-0.2, 0) is 6.54 Å². The van der Waals surface area contributed by atoms with Crippen molar-refractivity contribution in [3.8, 4) is 0 Å². The first-order chi connectivity index (χ1) is 8.52. The summed E-state index contributed by atoms with van der Waals surface area (Å²) >= 11 is 0. The molecule has 18 heavy (non-hydrogen) atoms. The number of nitro groups is 1. The van der Waals surface area contributed by atoms with E-state index in [1.54, 1.807) is 11.6 Å². The van der Waals surface area contributed by atoms with E-state index in [0.717, 1.165) is 19.5 Å². The summed E-state index contributed by atoms with van der Waals surface area (Å²) in [6.45, 7) is 5.88. The molecular weight excluding hydrogens is 234 g/mol. The van der Waals surface area contributed by atoms with Crippen LogP contribution < -0.4 is 10.2 Å². The standard InChI is InChI=1S/C11H21N5O2/c1-5-15-11(14(4)8-6-7-12-3)10(16(17)18)9(2)13-15/h12H,5-8H2,1-4H3. The van der Waals surface area contributed by atoms with Crippen molar-refractivity contribution in [2.24, 2.45) is 0 Å². The Balaban J connectivity index is 3.00. The first kappa shape index (κ1) is 14.4. The second-order valence-corrected chi connectivity index (χ2v) is 4.21. The molecule has 0 amide bonds. The molecule has 1 rings (SSSR count). The molecule has 0 aliphatic rings. The summed E-state index contributed by atoms with van der Waals surface area (Å²) in [7, 11) is 3.76. The summed E-state index contributed by atoms with van der Waals surface area (Å²) in [5.41, 5.74) is 0.584. The quantitative estimate of drug-likeness (QED) is 0.449. The molecule has 7 heteroatoms. The van der Waals surface area contributed by atoms with Gasteiger partial charge in [0.2, 0.25) is 5.82 Å².